The smallest absolute Gasteiger partial charge is 0.145 e. The number of fused-ring (bicyclic) bond motifs is 3. The zero-order valence-electron chi connectivity index (χ0n) is 29.0. The lowest BCUT2D eigenvalue weighted by Gasteiger charge is -2.20. The van der Waals surface area contributed by atoms with Gasteiger partial charge in [0.2, 0.25) is 0 Å². The van der Waals surface area contributed by atoms with E-state index in [1.54, 1.807) is 0 Å². The Kier molecular flexibility index (Phi) is 7.51. The van der Waals surface area contributed by atoms with Gasteiger partial charge in [-0.1, -0.05) is 170 Å². The SMILES string of the molecule is c1ccc(-c2ccc3c(-c4ccc(-c5nc6ccccc6n5-c5ccccc5)cc4)c4cc(-c5ccccc5)ccc4c(-c4ccccc4)c3c2)cc1. The van der Waals surface area contributed by atoms with Crippen molar-refractivity contribution in [2.75, 3.05) is 0 Å². The average molecular weight is 675 g/mol. The Morgan fingerprint density at radius 2 is 0.717 bits per heavy atom. The van der Waals surface area contributed by atoms with Crippen LogP contribution in [0.3, 0.4) is 0 Å². The number of rotatable bonds is 6. The van der Waals surface area contributed by atoms with E-state index in [-0.39, 0.29) is 0 Å². The number of para-hydroxylation sites is 3. The Morgan fingerprint density at radius 3 is 1.26 bits per heavy atom. The summed E-state index contributed by atoms with van der Waals surface area (Å²) in [6.45, 7) is 0. The first-order chi connectivity index (χ1) is 26.3. The van der Waals surface area contributed by atoms with Crippen LogP contribution < -0.4 is 0 Å². The minimum absolute atomic E-state index is 0.928. The van der Waals surface area contributed by atoms with Crippen molar-refractivity contribution in [3.05, 3.63) is 206 Å². The van der Waals surface area contributed by atoms with E-state index in [1.807, 2.05) is 0 Å². The van der Waals surface area contributed by atoms with Gasteiger partial charge in [-0.05, 0) is 102 Å². The first-order valence-electron chi connectivity index (χ1n) is 18.1. The zero-order valence-corrected chi connectivity index (χ0v) is 29.0. The first kappa shape index (κ1) is 30.8. The normalized spacial score (nSPS) is 11.4. The molecule has 0 aliphatic heterocycles. The van der Waals surface area contributed by atoms with Crippen molar-refractivity contribution in [2.45, 2.75) is 0 Å². The molecule has 0 bridgehead atoms. The summed E-state index contributed by atoms with van der Waals surface area (Å²) in [6, 6.07) is 74.1. The molecular formula is C51H34N2. The number of imidazole rings is 1. The van der Waals surface area contributed by atoms with Crippen molar-refractivity contribution in [2.24, 2.45) is 0 Å². The fraction of sp³-hybridized carbons (Fsp3) is 0. The number of hydrogen-bond donors (Lipinski definition) is 0. The molecular weight excluding hydrogens is 641 g/mol. The molecule has 0 saturated carbocycles. The van der Waals surface area contributed by atoms with Gasteiger partial charge < -0.3 is 0 Å². The van der Waals surface area contributed by atoms with E-state index in [4.69, 9.17) is 4.98 Å². The van der Waals surface area contributed by atoms with Gasteiger partial charge >= 0.3 is 0 Å². The average Bonchev–Trinajstić information content (AvgIpc) is 3.63. The van der Waals surface area contributed by atoms with Crippen LogP contribution in [0.5, 0.6) is 0 Å². The van der Waals surface area contributed by atoms with E-state index in [2.05, 4.69) is 211 Å². The van der Waals surface area contributed by atoms with Crippen molar-refractivity contribution in [3.63, 3.8) is 0 Å². The molecule has 0 atom stereocenters. The molecule has 2 nitrogen and oxygen atoms in total. The van der Waals surface area contributed by atoms with Crippen LogP contribution in [0.25, 0.3) is 94.2 Å². The maximum Gasteiger partial charge on any atom is 0.145 e. The van der Waals surface area contributed by atoms with Crippen LogP contribution in [0.4, 0.5) is 0 Å². The standard InChI is InChI=1S/C51H34N2/c1-5-15-35(16-6-1)40-30-32-44-45(33-40)49(37-19-9-3-10-20-37)43-31-29-41(36-17-7-2-8-18-36)34-46(43)50(44)38-25-27-39(28-26-38)51-52-47-23-13-14-24-48(47)53(51)42-21-11-4-12-22-42/h1-34H. The monoisotopic (exact) mass is 674 g/mol. The van der Waals surface area contributed by atoms with Crippen molar-refractivity contribution in [1.29, 1.82) is 0 Å². The summed E-state index contributed by atoms with van der Waals surface area (Å²) in [4.78, 5) is 5.15. The van der Waals surface area contributed by atoms with Gasteiger partial charge in [-0.2, -0.15) is 0 Å². The molecule has 2 heteroatoms. The van der Waals surface area contributed by atoms with Crippen LogP contribution in [-0.2, 0) is 0 Å². The highest BCUT2D eigenvalue weighted by Crippen LogP contribution is 2.46. The Labute approximate surface area is 308 Å². The molecule has 1 heterocycles. The molecule has 0 saturated heterocycles. The van der Waals surface area contributed by atoms with Crippen LogP contribution in [0, 0.1) is 0 Å². The molecule has 1 aromatic heterocycles. The lowest BCUT2D eigenvalue weighted by atomic mass is 9.83. The third-order valence-electron chi connectivity index (χ3n) is 10.4. The van der Waals surface area contributed by atoms with Gasteiger partial charge in [-0.15, -0.1) is 0 Å². The predicted molar refractivity (Wildman–Crippen MR) is 223 cm³/mol. The summed E-state index contributed by atoms with van der Waals surface area (Å²) in [6.07, 6.45) is 0. The lowest BCUT2D eigenvalue weighted by molar-refractivity contribution is 1.10. The van der Waals surface area contributed by atoms with Gasteiger partial charge in [0.15, 0.2) is 0 Å². The molecule has 10 aromatic rings. The summed E-state index contributed by atoms with van der Waals surface area (Å²) >= 11 is 0. The van der Waals surface area contributed by atoms with Crippen LogP contribution in [0.15, 0.2) is 206 Å². The molecule has 10 rings (SSSR count). The predicted octanol–water partition coefficient (Wildman–Crippen LogP) is 13.7. The highest BCUT2D eigenvalue weighted by atomic mass is 15.1. The quantitative estimate of drug-likeness (QED) is 0.161. The van der Waals surface area contributed by atoms with Crippen molar-refractivity contribution in [1.82, 2.24) is 9.55 Å². The minimum Gasteiger partial charge on any atom is -0.292 e. The number of aromatic nitrogens is 2. The molecule has 0 N–H and O–H groups in total. The van der Waals surface area contributed by atoms with Gasteiger partial charge in [-0.25, -0.2) is 4.98 Å². The fourth-order valence-corrected chi connectivity index (χ4v) is 7.92. The molecule has 0 unspecified atom stereocenters. The van der Waals surface area contributed by atoms with E-state index in [0.717, 1.165) is 28.1 Å². The van der Waals surface area contributed by atoms with Gasteiger partial charge in [-0.3, -0.25) is 4.57 Å². The second kappa shape index (κ2) is 12.9. The van der Waals surface area contributed by atoms with E-state index in [9.17, 15) is 0 Å². The number of nitrogens with zero attached hydrogens (tertiary/aromatic N) is 2. The maximum absolute atomic E-state index is 5.15. The van der Waals surface area contributed by atoms with Gasteiger partial charge in [0.1, 0.15) is 5.82 Å². The third kappa shape index (κ3) is 5.40. The first-order valence-corrected chi connectivity index (χ1v) is 18.1. The van der Waals surface area contributed by atoms with Crippen LogP contribution >= 0.6 is 0 Å². The zero-order chi connectivity index (χ0) is 35.1. The summed E-state index contributed by atoms with van der Waals surface area (Å²) in [5, 5.41) is 4.93. The molecule has 53 heavy (non-hydrogen) atoms. The molecule has 0 fully saturated rings. The Bertz CT molecular complexity index is 2890. The number of hydrogen-bond acceptors (Lipinski definition) is 1. The van der Waals surface area contributed by atoms with E-state index in [0.29, 0.717) is 0 Å². The molecule has 0 aliphatic carbocycles. The largest absolute Gasteiger partial charge is 0.292 e. The minimum atomic E-state index is 0.928. The molecule has 0 radical (unpaired) electrons. The lowest BCUT2D eigenvalue weighted by Crippen LogP contribution is -1.97. The molecule has 9 aromatic carbocycles. The van der Waals surface area contributed by atoms with E-state index in [1.165, 1.54) is 66.1 Å². The van der Waals surface area contributed by atoms with Gasteiger partial charge in [0.05, 0.1) is 11.0 Å². The van der Waals surface area contributed by atoms with Gasteiger partial charge in [0, 0.05) is 11.3 Å². The van der Waals surface area contributed by atoms with E-state index < -0.39 is 0 Å². The highest BCUT2D eigenvalue weighted by Gasteiger charge is 2.20. The van der Waals surface area contributed by atoms with Crippen LogP contribution in [0.2, 0.25) is 0 Å². The molecule has 0 aliphatic rings. The Morgan fingerprint density at radius 1 is 0.302 bits per heavy atom. The van der Waals surface area contributed by atoms with Crippen LogP contribution in [0.1, 0.15) is 0 Å². The second-order valence-corrected chi connectivity index (χ2v) is 13.5. The fourth-order valence-electron chi connectivity index (χ4n) is 7.92. The second-order valence-electron chi connectivity index (χ2n) is 13.5. The topological polar surface area (TPSA) is 17.8 Å². The maximum atomic E-state index is 5.15. The van der Waals surface area contributed by atoms with Gasteiger partial charge in [0.25, 0.3) is 0 Å². The molecule has 0 spiro atoms. The summed E-state index contributed by atoms with van der Waals surface area (Å²) in [7, 11) is 0. The Hall–Kier alpha value is -7.03. The summed E-state index contributed by atoms with van der Waals surface area (Å²) in [5.41, 5.74) is 13.9. The summed E-state index contributed by atoms with van der Waals surface area (Å²) in [5.74, 6) is 0.928. The summed E-state index contributed by atoms with van der Waals surface area (Å²) < 4.78 is 2.26. The molecule has 248 valence electrons. The number of benzene rings is 9. The Balaban J connectivity index is 1.24. The highest BCUT2D eigenvalue weighted by molar-refractivity contribution is 6.22. The third-order valence-corrected chi connectivity index (χ3v) is 10.4. The van der Waals surface area contributed by atoms with Crippen molar-refractivity contribution < 1.29 is 0 Å². The molecule has 0 amide bonds. The van der Waals surface area contributed by atoms with E-state index >= 15 is 0 Å². The van der Waals surface area contributed by atoms with Crippen molar-refractivity contribution >= 4 is 32.6 Å². The van der Waals surface area contributed by atoms with Crippen molar-refractivity contribution in [3.8, 4) is 61.6 Å². The van der Waals surface area contributed by atoms with Crippen LogP contribution in [-0.4, -0.2) is 9.55 Å².